The molecule has 2 aromatic heterocycles. The number of benzene rings is 1. The first-order chi connectivity index (χ1) is 13.5. The largest absolute Gasteiger partial charge is 0.462 e. The average molecular weight is 401 g/mol. The number of ether oxygens (including phenoxy) is 1. The van der Waals surface area contributed by atoms with Crippen molar-refractivity contribution in [3.63, 3.8) is 0 Å². The van der Waals surface area contributed by atoms with Gasteiger partial charge < -0.3 is 10.1 Å². The average Bonchev–Trinajstić information content (AvgIpc) is 3.21. The minimum Gasteiger partial charge on any atom is -0.462 e. The molecule has 0 fully saturated rings. The van der Waals surface area contributed by atoms with Crippen LogP contribution in [-0.2, 0) is 29.0 Å². The Morgan fingerprint density at radius 3 is 2.39 bits per heavy atom. The van der Waals surface area contributed by atoms with Crippen molar-refractivity contribution in [3.05, 3.63) is 51.3 Å². The van der Waals surface area contributed by atoms with E-state index < -0.39 is 5.97 Å². The number of hydrogen-bond acceptors (Lipinski definition) is 5. The fourth-order valence-corrected chi connectivity index (χ4v) is 4.11. The summed E-state index contributed by atoms with van der Waals surface area (Å²) in [7, 11) is 0. The molecule has 0 spiro atoms. The minimum absolute atomic E-state index is 0.131. The highest BCUT2D eigenvalue weighted by Gasteiger charge is 2.20. The summed E-state index contributed by atoms with van der Waals surface area (Å²) in [4.78, 5) is 38.5. The second-order valence-electron chi connectivity index (χ2n) is 6.18. The summed E-state index contributed by atoms with van der Waals surface area (Å²) < 4.78 is 8.16. The monoisotopic (exact) mass is 401 g/mol. The van der Waals surface area contributed by atoms with Gasteiger partial charge in [-0.3, -0.25) is 13.9 Å². The van der Waals surface area contributed by atoms with Crippen molar-refractivity contribution < 1.29 is 14.3 Å². The number of amides is 1. The number of imidazole rings is 1. The number of aromatic nitrogens is 2. The van der Waals surface area contributed by atoms with Gasteiger partial charge in [0.2, 0.25) is 5.91 Å². The van der Waals surface area contributed by atoms with Crippen molar-refractivity contribution in [1.29, 1.82) is 0 Å². The maximum atomic E-state index is 12.7. The number of thiophene rings is 1. The smallest absolute Gasteiger partial charge is 0.341 e. The van der Waals surface area contributed by atoms with Crippen molar-refractivity contribution in [2.75, 3.05) is 11.9 Å². The number of para-hydroxylation sites is 2. The Morgan fingerprint density at radius 2 is 1.79 bits per heavy atom. The fraction of sp³-hybridized carbons (Fsp3) is 0.350. The number of nitrogens with one attached hydrogen (secondary N) is 1. The van der Waals surface area contributed by atoms with E-state index in [1.54, 1.807) is 17.6 Å². The Hall–Kier alpha value is -2.87. The third kappa shape index (κ3) is 3.73. The molecular formula is C20H23N3O4S. The van der Waals surface area contributed by atoms with Gasteiger partial charge in [-0.2, -0.15) is 0 Å². The molecule has 3 aromatic rings. The van der Waals surface area contributed by atoms with Gasteiger partial charge in [0.1, 0.15) is 11.5 Å². The van der Waals surface area contributed by atoms with Crippen LogP contribution in [0.4, 0.5) is 5.00 Å². The standard InChI is InChI=1S/C20H23N3O4S/c1-4-13-11-14(19(25)27-6-3)18(28-13)21-17(24)12-23-16-10-8-7-9-15(16)22(5-2)20(23)26/h7-11H,4-6,12H2,1-3H3,(H,21,24). The molecule has 0 saturated carbocycles. The van der Waals surface area contributed by atoms with Crippen LogP contribution in [0.2, 0.25) is 0 Å². The molecule has 0 bridgehead atoms. The lowest BCUT2D eigenvalue weighted by molar-refractivity contribution is -0.116. The molecule has 1 amide bonds. The van der Waals surface area contributed by atoms with Crippen LogP contribution >= 0.6 is 11.3 Å². The minimum atomic E-state index is -0.464. The number of anilines is 1. The van der Waals surface area contributed by atoms with Crippen LogP contribution in [0.3, 0.4) is 0 Å². The van der Waals surface area contributed by atoms with Crippen LogP contribution in [0.5, 0.6) is 0 Å². The topological polar surface area (TPSA) is 82.3 Å². The van der Waals surface area contributed by atoms with E-state index in [4.69, 9.17) is 4.74 Å². The van der Waals surface area contributed by atoms with E-state index in [2.05, 4.69) is 5.32 Å². The van der Waals surface area contributed by atoms with Crippen LogP contribution in [-0.4, -0.2) is 27.6 Å². The maximum Gasteiger partial charge on any atom is 0.341 e. The number of esters is 1. The summed E-state index contributed by atoms with van der Waals surface area (Å²) in [5, 5.41) is 3.23. The lowest BCUT2D eigenvalue weighted by Gasteiger charge is -2.07. The van der Waals surface area contributed by atoms with Gasteiger partial charge in [0.25, 0.3) is 0 Å². The zero-order chi connectivity index (χ0) is 20.3. The van der Waals surface area contributed by atoms with Gasteiger partial charge in [0.15, 0.2) is 0 Å². The molecule has 0 atom stereocenters. The Bertz CT molecular complexity index is 1080. The molecule has 0 radical (unpaired) electrons. The Kier molecular flexibility index (Phi) is 5.99. The molecule has 148 valence electrons. The number of aryl methyl sites for hydroxylation is 2. The number of hydrogen-bond donors (Lipinski definition) is 1. The van der Waals surface area contributed by atoms with Gasteiger partial charge in [-0.05, 0) is 38.5 Å². The number of rotatable bonds is 7. The summed E-state index contributed by atoms with van der Waals surface area (Å²) in [6.07, 6.45) is 0.746. The van der Waals surface area contributed by atoms with E-state index in [-0.39, 0.29) is 24.7 Å². The van der Waals surface area contributed by atoms with Crippen molar-refractivity contribution in [2.45, 2.75) is 40.3 Å². The molecule has 3 rings (SSSR count). The lowest BCUT2D eigenvalue weighted by Crippen LogP contribution is -2.29. The second kappa shape index (κ2) is 8.43. The molecule has 0 aliphatic carbocycles. The molecule has 7 nitrogen and oxygen atoms in total. The Morgan fingerprint density at radius 1 is 1.11 bits per heavy atom. The quantitative estimate of drug-likeness (QED) is 0.616. The van der Waals surface area contributed by atoms with E-state index >= 15 is 0 Å². The van der Waals surface area contributed by atoms with E-state index in [9.17, 15) is 14.4 Å². The second-order valence-corrected chi connectivity index (χ2v) is 7.32. The lowest BCUT2D eigenvalue weighted by atomic mass is 10.2. The predicted octanol–water partition coefficient (Wildman–Crippen LogP) is 3.26. The van der Waals surface area contributed by atoms with Crippen LogP contribution in [0.15, 0.2) is 35.1 Å². The highest BCUT2D eigenvalue weighted by Crippen LogP contribution is 2.29. The van der Waals surface area contributed by atoms with Gasteiger partial charge in [-0.25, -0.2) is 9.59 Å². The molecule has 0 saturated heterocycles. The molecule has 1 N–H and O–H groups in total. The fourth-order valence-electron chi connectivity index (χ4n) is 3.11. The van der Waals surface area contributed by atoms with Gasteiger partial charge in [-0.1, -0.05) is 19.1 Å². The van der Waals surface area contributed by atoms with Crippen LogP contribution in [0, 0.1) is 0 Å². The highest BCUT2D eigenvalue weighted by atomic mass is 32.1. The van der Waals surface area contributed by atoms with Crippen LogP contribution in [0.25, 0.3) is 11.0 Å². The zero-order valence-electron chi connectivity index (χ0n) is 16.2. The van der Waals surface area contributed by atoms with E-state index in [1.807, 2.05) is 38.1 Å². The zero-order valence-corrected chi connectivity index (χ0v) is 17.0. The molecular weight excluding hydrogens is 378 g/mol. The molecule has 0 aliphatic heterocycles. The first-order valence-electron chi connectivity index (χ1n) is 9.27. The molecule has 0 unspecified atom stereocenters. The first kappa shape index (κ1) is 19.9. The normalized spacial score (nSPS) is 11.0. The van der Waals surface area contributed by atoms with Crippen LogP contribution < -0.4 is 11.0 Å². The van der Waals surface area contributed by atoms with Gasteiger partial charge >= 0.3 is 11.7 Å². The summed E-state index contributed by atoms with van der Waals surface area (Å²) in [5.74, 6) is -0.829. The van der Waals surface area contributed by atoms with Crippen molar-refractivity contribution in [1.82, 2.24) is 9.13 Å². The predicted molar refractivity (Wildman–Crippen MR) is 110 cm³/mol. The highest BCUT2D eigenvalue weighted by molar-refractivity contribution is 7.16. The van der Waals surface area contributed by atoms with Gasteiger partial charge in [-0.15, -0.1) is 11.3 Å². The van der Waals surface area contributed by atoms with E-state index in [0.717, 1.165) is 16.8 Å². The molecule has 2 heterocycles. The van der Waals surface area contributed by atoms with Crippen molar-refractivity contribution in [2.24, 2.45) is 0 Å². The number of nitrogens with zero attached hydrogens (tertiary/aromatic N) is 2. The van der Waals surface area contributed by atoms with Gasteiger partial charge in [0, 0.05) is 11.4 Å². The Labute approximate surface area is 166 Å². The summed E-state index contributed by atoms with van der Waals surface area (Å²) in [5.41, 5.74) is 1.61. The third-order valence-electron chi connectivity index (χ3n) is 4.42. The SMILES string of the molecule is CCOC(=O)c1cc(CC)sc1NC(=O)Cn1c(=O)n(CC)c2ccccc21. The van der Waals surface area contributed by atoms with Crippen molar-refractivity contribution >= 4 is 39.2 Å². The number of carbonyl (C=O) groups excluding carboxylic acids is 2. The summed E-state index contributed by atoms with van der Waals surface area (Å²) in [6, 6.07) is 9.12. The van der Waals surface area contributed by atoms with E-state index in [0.29, 0.717) is 22.6 Å². The maximum absolute atomic E-state index is 12.7. The first-order valence-corrected chi connectivity index (χ1v) is 10.1. The molecule has 28 heavy (non-hydrogen) atoms. The Balaban J connectivity index is 1.89. The van der Waals surface area contributed by atoms with Gasteiger partial charge in [0.05, 0.1) is 23.2 Å². The summed E-state index contributed by atoms with van der Waals surface area (Å²) >= 11 is 1.34. The molecule has 1 aromatic carbocycles. The van der Waals surface area contributed by atoms with E-state index in [1.165, 1.54) is 15.9 Å². The number of fused-ring (bicyclic) bond motifs is 1. The molecule has 8 heteroatoms. The number of carbonyl (C=O) groups is 2. The third-order valence-corrected chi connectivity index (χ3v) is 5.62. The summed E-state index contributed by atoms with van der Waals surface area (Å²) in [6.45, 7) is 6.25. The molecule has 0 aliphatic rings. The van der Waals surface area contributed by atoms with Crippen LogP contribution in [0.1, 0.15) is 36.0 Å². The van der Waals surface area contributed by atoms with Crippen molar-refractivity contribution in [3.8, 4) is 0 Å².